The molecule has 0 atom stereocenters. The summed E-state index contributed by atoms with van der Waals surface area (Å²) in [7, 11) is 0. The van der Waals surface area contributed by atoms with Gasteiger partial charge in [0, 0.05) is 46.5 Å². The second kappa shape index (κ2) is 11.0. The molecule has 1 aliphatic heterocycles. The highest BCUT2D eigenvalue weighted by Gasteiger charge is 2.11. The maximum Gasteiger partial charge on any atom is 0.320 e. The molecule has 0 aromatic carbocycles. The fraction of sp³-hybridized carbons (Fsp3) is 0.350. The molecular weight excluding hydrogens is 356 g/mol. The third-order valence-electron chi connectivity index (χ3n) is 4.05. The molecule has 2 heterocycles. The Morgan fingerprint density at radius 2 is 2.18 bits per heavy atom. The molecule has 4 N–H and O–H groups in total. The first kappa shape index (κ1) is 21.3. The Labute approximate surface area is 168 Å². The zero-order valence-electron chi connectivity index (χ0n) is 16.3. The monoisotopic (exact) mass is 388 g/mol. The summed E-state index contributed by atoms with van der Waals surface area (Å²) >= 11 is 0. The van der Waals surface area contributed by atoms with E-state index in [1.807, 2.05) is 13.0 Å². The molecule has 8 heteroatoms. The minimum atomic E-state index is -0.327. The number of urea groups is 1. The standard InChI is InChI=1S/C20H28N6O2.2H2/c1-4-17(11-15(2)3)24-18-14-23-19(12-16(18)13-21)25-20(27)22-5-6-26-7-9-28-10-8-26;;/h4,11-14,21,24H,1-2,5-10H2,3H3,(H2,22,23,25,27);2*1H/b17-11+,21-13?;;. The van der Waals surface area contributed by atoms with Crippen molar-refractivity contribution in [3.8, 4) is 0 Å². The van der Waals surface area contributed by atoms with Gasteiger partial charge in [-0.3, -0.25) is 10.2 Å². The van der Waals surface area contributed by atoms with E-state index in [0.717, 1.165) is 44.1 Å². The molecule has 0 aliphatic carbocycles. The minimum Gasteiger partial charge on any atom is -0.379 e. The maximum atomic E-state index is 12.1. The first-order valence-corrected chi connectivity index (χ1v) is 9.14. The second-order valence-corrected chi connectivity index (χ2v) is 6.41. The summed E-state index contributed by atoms with van der Waals surface area (Å²) in [6.45, 7) is 14.0. The van der Waals surface area contributed by atoms with Crippen LogP contribution < -0.4 is 16.0 Å². The van der Waals surface area contributed by atoms with Crippen LogP contribution in [0.1, 0.15) is 15.3 Å². The number of hydrogen-bond donors (Lipinski definition) is 4. The number of anilines is 2. The molecule has 1 fully saturated rings. The first-order valence-electron chi connectivity index (χ1n) is 9.14. The molecule has 0 bridgehead atoms. The Bertz CT molecular complexity index is 764. The Hall–Kier alpha value is -2.97. The van der Waals surface area contributed by atoms with Crippen molar-refractivity contribution < 1.29 is 12.4 Å². The second-order valence-electron chi connectivity index (χ2n) is 6.41. The van der Waals surface area contributed by atoms with Crippen LogP contribution in [-0.2, 0) is 4.74 Å². The lowest BCUT2D eigenvalue weighted by Crippen LogP contribution is -2.42. The third kappa shape index (κ3) is 6.98. The van der Waals surface area contributed by atoms with Gasteiger partial charge in [0.2, 0.25) is 0 Å². The van der Waals surface area contributed by atoms with E-state index < -0.39 is 0 Å². The lowest BCUT2D eigenvalue weighted by Gasteiger charge is -2.26. The first-order chi connectivity index (χ1) is 13.5. The molecule has 0 spiro atoms. The molecule has 0 saturated carbocycles. The predicted molar refractivity (Wildman–Crippen MR) is 117 cm³/mol. The molecule has 2 rings (SSSR count). The Kier molecular flexibility index (Phi) is 8.38. The maximum absolute atomic E-state index is 12.1. The molecular formula is C20H32N6O2. The molecule has 0 radical (unpaired) electrons. The Morgan fingerprint density at radius 1 is 1.43 bits per heavy atom. The van der Waals surface area contributed by atoms with Gasteiger partial charge in [-0.1, -0.05) is 18.7 Å². The van der Waals surface area contributed by atoms with Gasteiger partial charge in [0.05, 0.1) is 25.1 Å². The van der Waals surface area contributed by atoms with Crippen LogP contribution in [0.25, 0.3) is 0 Å². The number of allylic oxidation sites excluding steroid dienone is 3. The summed E-state index contributed by atoms with van der Waals surface area (Å²) in [6.07, 6.45) is 6.28. The number of carbonyl (C=O) groups excluding carboxylic acids is 1. The van der Waals surface area contributed by atoms with Crippen molar-refractivity contribution in [2.45, 2.75) is 6.92 Å². The minimum absolute atomic E-state index is 0. The summed E-state index contributed by atoms with van der Waals surface area (Å²) in [6, 6.07) is 1.31. The van der Waals surface area contributed by atoms with E-state index in [2.05, 4.69) is 39.0 Å². The molecule has 1 aliphatic rings. The van der Waals surface area contributed by atoms with Crippen molar-refractivity contribution in [2.24, 2.45) is 0 Å². The van der Waals surface area contributed by atoms with Crippen molar-refractivity contribution in [2.75, 3.05) is 50.0 Å². The predicted octanol–water partition coefficient (Wildman–Crippen LogP) is 3.08. The Balaban J connectivity index is 0.00000420. The van der Waals surface area contributed by atoms with Gasteiger partial charge in [0.25, 0.3) is 0 Å². The van der Waals surface area contributed by atoms with Crippen LogP contribution >= 0.6 is 0 Å². The van der Waals surface area contributed by atoms with Gasteiger partial charge in [-0.05, 0) is 25.1 Å². The number of nitrogens with one attached hydrogen (secondary N) is 4. The van der Waals surface area contributed by atoms with Crippen LogP contribution in [0.5, 0.6) is 0 Å². The molecule has 0 unspecified atom stereocenters. The largest absolute Gasteiger partial charge is 0.379 e. The third-order valence-corrected chi connectivity index (χ3v) is 4.05. The zero-order chi connectivity index (χ0) is 20.4. The number of morpholine rings is 1. The molecule has 2 amide bonds. The van der Waals surface area contributed by atoms with Crippen LogP contribution in [0.3, 0.4) is 0 Å². The fourth-order valence-electron chi connectivity index (χ4n) is 2.64. The van der Waals surface area contributed by atoms with Crippen molar-refractivity contribution in [3.05, 3.63) is 54.4 Å². The number of pyridine rings is 1. The number of carbonyl (C=O) groups is 1. The van der Waals surface area contributed by atoms with Crippen LogP contribution in [0, 0.1) is 5.41 Å². The number of nitrogens with zero attached hydrogens (tertiary/aromatic N) is 2. The normalized spacial score (nSPS) is 14.8. The number of hydrogen-bond acceptors (Lipinski definition) is 6. The summed E-state index contributed by atoms with van der Waals surface area (Å²) in [5.74, 6) is 0.372. The number of aromatic nitrogens is 1. The SMILES string of the molecule is C=C/C(=C\C(=C)C)Nc1cnc(NC(=O)NCCN2CCOCC2)cc1C=N.[HH].[HH]. The molecule has 1 saturated heterocycles. The smallest absolute Gasteiger partial charge is 0.320 e. The van der Waals surface area contributed by atoms with Gasteiger partial charge in [-0.15, -0.1) is 0 Å². The fourth-order valence-corrected chi connectivity index (χ4v) is 2.64. The van der Waals surface area contributed by atoms with Crippen LogP contribution in [0.2, 0.25) is 0 Å². The van der Waals surface area contributed by atoms with E-state index in [4.69, 9.17) is 10.1 Å². The lowest BCUT2D eigenvalue weighted by atomic mass is 10.2. The quantitative estimate of drug-likeness (QED) is 0.385. The topological polar surface area (TPSA) is 102 Å². The van der Waals surface area contributed by atoms with Gasteiger partial charge in [0.1, 0.15) is 5.82 Å². The van der Waals surface area contributed by atoms with E-state index in [0.29, 0.717) is 23.6 Å². The number of rotatable bonds is 9. The van der Waals surface area contributed by atoms with Crippen molar-refractivity contribution in [1.82, 2.24) is 15.2 Å². The summed E-state index contributed by atoms with van der Waals surface area (Å²) in [5.41, 5.74) is 2.85. The highest BCUT2D eigenvalue weighted by Crippen LogP contribution is 2.19. The van der Waals surface area contributed by atoms with Gasteiger partial charge >= 0.3 is 6.03 Å². The van der Waals surface area contributed by atoms with Crippen LogP contribution in [-0.4, -0.2) is 61.5 Å². The van der Waals surface area contributed by atoms with Crippen molar-refractivity contribution >= 4 is 23.8 Å². The van der Waals surface area contributed by atoms with Crippen molar-refractivity contribution in [1.29, 1.82) is 5.41 Å². The van der Waals surface area contributed by atoms with E-state index in [-0.39, 0.29) is 8.88 Å². The van der Waals surface area contributed by atoms with Gasteiger partial charge < -0.3 is 20.8 Å². The highest BCUT2D eigenvalue weighted by atomic mass is 16.5. The average Bonchev–Trinajstić information content (AvgIpc) is 2.69. The summed E-state index contributed by atoms with van der Waals surface area (Å²) < 4.78 is 5.30. The molecule has 1 aromatic heterocycles. The van der Waals surface area contributed by atoms with Crippen LogP contribution in [0.15, 0.2) is 48.8 Å². The van der Waals surface area contributed by atoms with E-state index in [1.165, 1.54) is 6.21 Å². The molecule has 28 heavy (non-hydrogen) atoms. The van der Waals surface area contributed by atoms with E-state index in [1.54, 1.807) is 18.3 Å². The van der Waals surface area contributed by atoms with Crippen molar-refractivity contribution in [3.63, 3.8) is 0 Å². The molecule has 154 valence electrons. The zero-order valence-corrected chi connectivity index (χ0v) is 16.3. The lowest BCUT2D eigenvalue weighted by molar-refractivity contribution is 0.0388. The highest BCUT2D eigenvalue weighted by molar-refractivity contribution is 5.92. The van der Waals surface area contributed by atoms with Crippen LogP contribution in [0.4, 0.5) is 16.3 Å². The van der Waals surface area contributed by atoms with Gasteiger partial charge in [-0.25, -0.2) is 9.78 Å². The molecule has 1 aromatic rings. The summed E-state index contributed by atoms with van der Waals surface area (Å²) in [5, 5.41) is 16.3. The summed E-state index contributed by atoms with van der Waals surface area (Å²) in [4.78, 5) is 18.6. The Morgan fingerprint density at radius 3 is 2.82 bits per heavy atom. The number of ether oxygens (including phenoxy) is 1. The van der Waals surface area contributed by atoms with Gasteiger partial charge in [-0.2, -0.15) is 0 Å². The van der Waals surface area contributed by atoms with E-state index >= 15 is 0 Å². The van der Waals surface area contributed by atoms with E-state index in [9.17, 15) is 4.79 Å². The molecule has 8 nitrogen and oxygen atoms in total. The van der Waals surface area contributed by atoms with Gasteiger partial charge in [0.15, 0.2) is 0 Å². The number of amides is 2. The average molecular weight is 389 g/mol.